The molecule has 0 spiro atoms. The number of rotatable bonds is 7. The summed E-state index contributed by atoms with van der Waals surface area (Å²) < 4.78 is 5.59. The molecule has 4 aromatic rings. The van der Waals surface area contributed by atoms with Crippen LogP contribution in [0.1, 0.15) is 10.4 Å². The van der Waals surface area contributed by atoms with Crippen molar-refractivity contribution in [3.63, 3.8) is 0 Å². The number of pyridine rings is 3. The number of nitrogens with zero attached hydrogens (tertiary/aromatic N) is 3. The van der Waals surface area contributed by atoms with Gasteiger partial charge in [-0.15, -0.1) is 37.2 Å². The molecule has 5 N–H and O–H groups in total. The number of amides is 1. The molecule has 0 aliphatic carbocycles. The summed E-state index contributed by atoms with van der Waals surface area (Å²) in [6.45, 7) is 0.922. The van der Waals surface area contributed by atoms with Gasteiger partial charge in [0.25, 0.3) is 5.91 Å². The third-order valence-corrected chi connectivity index (χ3v) is 5.02. The first kappa shape index (κ1) is 29.8. The Morgan fingerprint density at radius 1 is 0.971 bits per heavy atom. The van der Waals surface area contributed by atoms with Crippen LogP contribution in [0.2, 0.25) is 0 Å². The van der Waals surface area contributed by atoms with E-state index in [9.17, 15) is 10.0 Å². The highest BCUT2D eigenvalue weighted by Gasteiger charge is 2.24. The zero-order valence-corrected chi connectivity index (χ0v) is 21.0. The van der Waals surface area contributed by atoms with Crippen LogP contribution in [-0.2, 0) is 0 Å². The molecule has 0 bridgehead atoms. The van der Waals surface area contributed by atoms with Crippen molar-refractivity contribution in [2.24, 2.45) is 5.73 Å². The van der Waals surface area contributed by atoms with Gasteiger partial charge in [0.05, 0.1) is 30.1 Å². The smallest absolute Gasteiger partial charge is 0.279 e. The van der Waals surface area contributed by atoms with E-state index in [0.717, 1.165) is 16.7 Å². The van der Waals surface area contributed by atoms with Gasteiger partial charge in [-0.1, -0.05) is 24.3 Å². The van der Waals surface area contributed by atoms with Crippen LogP contribution in [0.4, 0.5) is 5.69 Å². The molecule has 35 heavy (non-hydrogen) atoms. The Morgan fingerprint density at radius 2 is 1.60 bits per heavy atom. The van der Waals surface area contributed by atoms with Crippen LogP contribution in [0.3, 0.4) is 0 Å². The van der Waals surface area contributed by atoms with Gasteiger partial charge in [0.2, 0.25) is 0 Å². The van der Waals surface area contributed by atoms with E-state index in [1.54, 1.807) is 24.1 Å². The van der Waals surface area contributed by atoms with E-state index >= 15 is 0 Å². The molecule has 0 fully saturated rings. The normalized spacial score (nSPS) is 9.80. The van der Waals surface area contributed by atoms with Crippen LogP contribution < -0.4 is 21.3 Å². The van der Waals surface area contributed by atoms with E-state index in [0.29, 0.717) is 35.4 Å². The number of hydrogen-bond donors (Lipinski definition) is 4. The van der Waals surface area contributed by atoms with Crippen molar-refractivity contribution in [1.82, 2.24) is 20.4 Å². The minimum atomic E-state index is -0.721. The van der Waals surface area contributed by atoms with Gasteiger partial charge in [-0.2, -0.15) is 0 Å². The lowest BCUT2D eigenvalue weighted by Gasteiger charge is -2.17. The Kier molecular flexibility index (Phi) is 11.6. The summed E-state index contributed by atoms with van der Waals surface area (Å²) in [5.74, 6) is -0.486. The Bertz CT molecular complexity index is 1260. The highest BCUT2D eigenvalue weighted by Crippen LogP contribution is 2.38. The Labute approximate surface area is 220 Å². The lowest BCUT2D eigenvalue weighted by molar-refractivity contribution is 0.0705. The van der Waals surface area contributed by atoms with Gasteiger partial charge in [0, 0.05) is 42.6 Å². The molecule has 0 aliphatic rings. The van der Waals surface area contributed by atoms with Gasteiger partial charge in [0.1, 0.15) is 5.69 Å². The molecular weight excluding hydrogens is 515 g/mol. The number of nitrogens with one attached hydrogen (secondary N) is 2. The van der Waals surface area contributed by atoms with Gasteiger partial charge in [0.15, 0.2) is 5.75 Å². The summed E-state index contributed by atoms with van der Waals surface area (Å²) in [6, 6.07) is 11.6. The maximum atomic E-state index is 12.6. The molecule has 12 heteroatoms. The molecule has 3 aromatic heterocycles. The fourth-order valence-corrected chi connectivity index (χ4v) is 3.54. The number of carbonyl (C=O) groups excluding carboxylic acids is 1. The summed E-state index contributed by atoms with van der Waals surface area (Å²) >= 11 is 0. The van der Waals surface area contributed by atoms with Crippen molar-refractivity contribution in [3.8, 4) is 28.1 Å². The number of ether oxygens (including phenoxy) is 1. The fraction of sp³-hybridized carbons (Fsp3) is 0.130. The number of aromatic nitrogens is 3. The number of carbonyl (C=O) groups is 1. The summed E-state index contributed by atoms with van der Waals surface area (Å²) in [7, 11) is 1.45. The van der Waals surface area contributed by atoms with Gasteiger partial charge in [-0.05, 0) is 23.3 Å². The zero-order chi connectivity index (χ0) is 22.5. The summed E-state index contributed by atoms with van der Waals surface area (Å²) in [5, 5.41) is 13.0. The quantitative estimate of drug-likeness (QED) is 0.203. The van der Waals surface area contributed by atoms with Gasteiger partial charge in [-0.25, -0.2) is 10.5 Å². The molecule has 0 saturated carbocycles. The van der Waals surface area contributed by atoms with E-state index in [4.69, 9.17) is 15.5 Å². The predicted molar refractivity (Wildman–Crippen MR) is 143 cm³/mol. The number of hydrogen-bond acceptors (Lipinski definition) is 8. The monoisotopic (exact) mass is 538 g/mol. The maximum absolute atomic E-state index is 12.6. The van der Waals surface area contributed by atoms with Crippen molar-refractivity contribution in [3.05, 3.63) is 66.7 Å². The molecule has 0 aliphatic heterocycles. The Balaban J connectivity index is 0.00000204. The lowest BCUT2D eigenvalue weighted by atomic mass is 10.00. The topological polar surface area (TPSA) is 135 Å². The first-order valence-corrected chi connectivity index (χ1v) is 9.92. The Morgan fingerprint density at radius 3 is 2.20 bits per heavy atom. The van der Waals surface area contributed by atoms with Crippen LogP contribution in [-0.4, -0.2) is 46.3 Å². The van der Waals surface area contributed by atoms with E-state index in [1.807, 2.05) is 36.4 Å². The van der Waals surface area contributed by atoms with Crippen LogP contribution in [0, 0.1) is 0 Å². The highest BCUT2D eigenvalue weighted by molar-refractivity contribution is 6.12. The minimum absolute atomic E-state index is 0. The first-order valence-electron chi connectivity index (χ1n) is 9.92. The van der Waals surface area contributed by atoms with Crippen molar-refractivity contribution in [2.75, 3.05) is 25.5 Å². The number of hydroxylamine groups is 1. The van der Waals surface area contributed by atoms with Crippen molar-refractivity contribution >= 4 is 59.7 Å². The summed E-state index contributed by atoms with van der Waals surface area (Å²) in [4.78, 5) is 25.7. The van der Waals surface area contributed by atoms with Gasteiger partial charge >= 0.3 is 0 Å². The van der Waals surface area contributed by atoms with E-state index in [1.165, 1.54) is 13.3 Å². The van der Waals surface area contributed by atoms with Crippen LogP contribution >= 0.6 is 37.2 Å². The second-order valence-electron chi connectivity index (χ2n) is 6.92. The molecule has 0 saturated heterocycles. The molecule has 0 unspecified atom stereocenters. The third kappa shape index (κ3) is 6.08. The average molecular weight is 540 g/mol. The van der Waals surface area contributed by atoms with Crippen LogP contribution in [0.15, 0.2) is 61.2 Å². The molecule has 186 valence electrons. The zero-order valence-electron chi connectivity index (χ0n) is 18.6. The number of methoxy groups -OCH3 is 1. The fourth-order valence-electron chi connectivity index (χ4n) is 3.54. The van der Waals surface area contributed by atoms with Crippen molar-refractivity contribution in [1.29, 1.82) is 0 Å². The third-order valence-electron chi connectivity index (χ3n) is 5.02. The molecule has 0 atom stereocenters. The second kappa shape index (κ2) is 13.6. The first-order chi connectivity index (χ1) is 15.7. The van der Waals surface area contributed by atoms with Crippen molar-refractivity contribution in [2.45, 2.75) is 0 Å². The number of nitrogens with two attached hydrogens (primary N) is 1. The maximum Gasteiger partial charge on any atom is 0.279 e. The van der Waals surface area contributed by atoms with E-state index < -0.39 is 5.91 Å². The molecule has 1 aromatic carbocycles. The predicted octanol–water partition coefficient (Wildman–Crippen LogP) is 4.12. The van der Waals surface area contributed by atoms with Gasteiger partial charge < -0.3 is 15.8 Å². The van der Waals surface area contributed by atoms with Crippen LogP contribution in [0.5, 0.6) is 5.75 Å². The van der Waals surface area contributed by atoms with E-state index in [2.05, 4.69) is 15.3 Å². The largest absolute Gasteiger partial charge is 0.494 e. The molecule has 3 heterocycles. The number of fused-ring (bicyclic) bond motifs is 1. The lowest BCUT2D eigenvalue weighted by Crippen LogP contribution is -2.21. The molecule has 4 rings (SSSR count). The number of halogens is 3. The molecule has 0 radical (unpaired) electrons. The minimum Gasteiger partial charge on any atom is -0.494 e. The average Bonchev–Trinajstić information content (AvgIpc) is 2.86. The molecular formula is C23H25Cl3N6O3. The van der Waals surface area contributed by atoms with Crippen LogP contribution in [0.25, 0.3) is 33.3 Å². The Hall–Kier alpha value is -3.21. The standard InChI is InChI=1S/C23H22N6O3.3ClH/c1-32-22-19(23(30)29-31)17-12-26-13-18(27-11-8-24)21(17)28-20(22)16-4-2-14(3-5-16)15-6-9-25-10-7-15;;;/h2-7,9-10,12-13,27,31H,8,11,24H2,1H3,(H,29,30);3*1H. The second-order valence-corrected chi connectivity index (χ2v) is 6.92. The summed E-state index contributed by atoms with van der Waals surface area (Å²) in [5.41, 5.74) is 11.8. The van der Waals surface area contributed by atoms with Crippen molar-refractivity contribution < 1.29 is 14.7 Å². The number of anilines is 1. The van der Waals surface area contributed by atoms with Gasteiger partial charge in [-0.3, -0.25) is 20.0 Å². The SMILES string of the molecule is COc1c(-c2ccc(-c3ccncc3)cc2)nc2c(NCCN)cncc2c1C(=O)NO.Cl.Cl.Cl. The summed E-state index contributed by atoms with van der Waals surface area (Å²) in [6.07, 6.45) is 6.61. The number of benzene rings is 1. The molecule has 1 amide bonds. The van der Waals surface area contributed by atoms with E-state index in [-0.39, 0.29) is 48.5 Å². The molecule has 9 nitrogen and oxygen atoms in total. The highest BCUT2D eigenvalue weighted by atomic mass is 35.5.